The first-order valence-corrected chi connectivity index (χ1v) is 3.99. The van der Waals surface area contributed by atoms with Crippen molar-refractivity contribution in [2.75, 3.05) is 0 Å². The lowest BCUT2D eigenvalue weighted by molar-refractivity contribution is 0.738. The van der Waals surface area contributed by atoms with Crippen molar-refractivity contribution in [1.29, 1.82) is 0 Å². The lowest BCUT2D eigenvalue weighted by Crippen LogP contribution is -2.17. The van der Waals surface area contributed by atoms with Crippen molar-refractivity contribution in [2.45, 2.75) is 26.3 Å². The van der Waals surface area contributed by atoms with Crippen LogP contribution in [0.1, 0.15) is 18.1 Å². The average molecular weight is 186 g/mol. The van der Waals surface area contributed by atoms with Gasteiger partial charge in [-0.2, -0.15) is 0 Å². The molecule has 0 aliphatic carbocycles. The maximum atomic E-state index is 5.66. The van der Waals surface area contributed by atoms with Crippen LogP contribution in [0.15, 0.2) is 24.3 Å². The maximum Gasteiger partial charge on any atom is 0.00509 e. The molecule has 0 heterocycles. The zero-order valence-electron chi connectivity index (χ0n) is 7.58. The van der Waals surface area contributed by atoms with Crippen molar-refractivity contribution >= 4 is 12.4 Å². The smallest absolute Gasteiger partial charge is 0.00509 e. The molecule has 1 rings (SSSR count). The van der Waals surface area contributed by atoms with E-state index in [-0.39, 0.29) is 18.4 Å². The fourth-order valence-electron chi connectivity index (χ4n) is 1.10. The Morgan fingerprint density at radius 2 is 1.75 bits per heavy atom. The lowest BCUT2D eigenvalue weighted by Gasteiger charge is -2.04. The van der Waals surface area contributed by atoms with Gasteiger partial charge < -0.3 is 5.73 Å². The molecule has 1 aromatic rings. The van der Waals surface area contributed by atoms with Crippen LogP contribution in [-0.2, 0) is 6.42 Å². The van der Waals surface area contributed by atoms with E-state index in [1.165, 1.54) is 11.1 Å². The van der Waals surface area contributed by atoms with Crippen molar-refractivity contribution in [2.24, 2.45) is 5.73 Å². The van der Waals surface area contributed by atoms with Gasteiger partial charge in [0.25, 0.3) is 0 Å². The summed E-state index contributed by atoms with van der Waals surface area (Å²) in [5.74, 6) is 0. The average Bonchev–Trinajstić information content (AvgIpc) is 1.93. The topological polar surface area (TPSA) is 26.0 Å². The zero-order chi connectivity index (χ0) is 8.27. The predicted molar refractivity (Wildman–Crippen MR) is 55.8 cm³/mol. The van der Waals surface area contributed by atoms with Crippen molar-refractivity contribution in [1.82, 2.24) is 0 Å². The summed E-state index contributed by atoms with van der Waals surface area (Å²) < 4.78 is 0. The number of hydrogen-bond donors (Lipinski definition) is 1. The molecule has 0 aromatic heterocycles. The van der Waals surface area contributed by atoms with E-state index in [0.29, 0.717) is 0 Å². The molecule has 12 heavy (non-hydrogen) atoms. The molecule has 0 aliphatic heterocycles. The van der Waals surface area contributed by atoms with Crippen LogP contribution >= 0.6 is 12.4 Å². The van der Waals surface area contributed by atoms with E-state index in [0.717, 1.165) is 6.42 Å². The minimum absolute atomic E-state index is 0. The van der Waals surface area contributed by atoms with Crippen LogP contribution in [0.25, 0.3) is 0 Å². The molecule has 0 saturated heterocycles. The van der Waals surface area contributed by atoms with Crippen LogP contribution in [0, 0.1) is 6.92 Å². The van der Waals surface area contributed by atoms with Crippen LogP contribution in [0.4, 0.5) is 0 Å². The standard InChI is InChI=1S/C10H15N.ClH/c1-8-3-5-10(6-4-8)7-9(2)11;/h3-6,9H,7,11H2,1-2H3;1H. The van der Waals surface area contributed by atoms with Crippen molar-refractivity contribution in [3.05, 3.63) is 35.4 Å². The Balaban J connectivity index is 0.00000121. The molecule has 1 atom stereocenters. The van der Waals surface area contributed by atoms with Crippen LogP contribution < -0.4 is 5.73 Å². The summed E-state index contributed by atoms with van der Waals surface area (Å²) in [7, 11) is 0. The van der Waals surface area contributed by atoms with E-state index >= 15 is 0 Å². The van der Waals surface area contributed by atoms with E-state index in [1.807, 2.05) is 6.92 Å². The molecule has 2 heteroatoms. The number of aryl methyl sites for hydroxylation is 1. The molecule has 0 bridgehead atoms. The first kappa shape index (κ1) is 11.5. The molecule has 0 amide bonds. The first-order chi connectivity index (χ1) is 5.18. The zero-order valence-corrected chi connectivity index (χ0v) is 8.40. The number of nitrogens with two attached hydrogens (primary N) is 1. The van der Waals surface area contributed by atoms with Crippen LogP contribution in [0.2, 0.25) is 0 Å². The second-order valence-corrected chi connectivity index (χ2v) is 3.17. The lowest BCUT2D eigenvalue weighted by atomic mass is 10.1. The highest BCUT2D eigenvalue weighted by Gasteiger charge is 1.95. The number of benzene rings is 1. The molecule has 0 fully saturated rings. The van der Waals surface area contributed by atoms with Gasteiger partial charge in [0.2, 0.25) is 0 Å². The Bertz CT molecular complexity index is 216. The molecule has 1 nitrogen and oxygen atoms in total. The van der Waals surface area contributed by atoms with E-state index in [2.05, 4.69) is 31.2 Å². The maximum absolute atomic E-state index is 5.66. The van der Waals surface area contributed by atoms with E-state index in [1.54, 1.807) is 0 Å². The highest BCUT2D eigenvalue weighted by molar-refractivity contribution is 5.85. The molecule has 0 spiro atoms. The fourth-order valence-corrected chi connectivity index (χ4v) is 1.10. The largest absolute Gasteiger partial charge is 0.328 e. The highest BCUT2D eigenvalue weighted by atomic mass is 35.5. The minimum Gasteiger partial charge on any atom is -0.328 e. The van der Waals surface area contributed by atoms with Gasteiger partial charge in [-0.25, -0.2) is 0 Å². The van der Waals surface area contributed by atoms with Gasteiger partial charge in [0.1, 0.15) is 0 Å². The third kappa shape index (κ3) is 3.74. The first-order valence-electron chi connectivity index (χ1n) is 3.99. The van der Waals surface area contributed by atoms with Crippen LogP contribution in [-0.4, -0.2) is 6.04 Å². The number of rotatable bonds is 2. The Kier molecular flexibility index (Phi) is 4.95. The van der Waals surface area contributed by atoms with Crippen molar-refractivity contribution in [3.8, 4) is 0 Å². The number of halogens is 1. The summed E-state index contributed by atoms with van der Waals surface area (Å²) in [6, 6.07) is 8.78. The van der Waals surface area contributed by atoms with Gasteiger partial charge in [0, 0.05) is 6.04 Å². The summed E-state index contributed by atoms with van der Waals surface area (Å²) in [5.41, 5.74) is 8.29. The Labute approximate surface area is 80.4 Å². The molecule has 68 valence electrons. The normalized spacial score (nSPS) is 11.9. The Morgan fingerprint density at radius 3 is 2.17 bits per heavy atom. The third-order valence-electron chi connectivity index (χ3n) is 1.68. The number of hydrogen-bond acceptors (Lipinski definition) is 1. The molecular formula is C10H16ClN. The summed E-state index contributed by atoms with van der Waals surface area (Å²) in [6.07, 6.45) is 0.972. The third-order valence-corrected chi connectivity index (χ3v) is 1.68. The summed E-state index contributed by atoms with van der Waals surface area (Å²) in [6.45, 7) is 4.12. The van der Waals surface area contributed by atoms with Crippen LogP contribution in [0.5, 0.6) is 0 Å². The molecule has 0 saturated carbocycles. The molecule has 1 aromatic carbocycles. The SMILES string of the molecule is Cc1ccc(CC(C)N)cc1.Cl. The molecule has 1 unspecified atom stereocenters. The quantitative estimate of drug-likeness (QED) is 0.752. The Morgan fingerprint density at radius 1 is 1.25 bits per heavy atom. The van der Waals surface area contributed by atoms with Gasteiger partial charge >= 0.3 is 0 Å². The van der Waals surface area contributed by atoms with Gasteiger partial charge in [-0.15, -0.1) is 12.4 Å². The van der Waals surface area contributed by atoms with Crippen LogP contribution in [0.3, 0.4) is 0 Å². The summed E-state index contributed by atoms with van der Waals surface area (Å²) in [4.78, 5) is 0. The Hall–Kier alpha value is -0.530. The molecular weight excluding hydrogens is 170 g/mol. The second-order valence-electron chi connectivity index (χ2n) is 3.17. The van der Waals surface area contributed by atoms with E-state index in [4.69, 9.17) is 5.73 Å². The monoisotopic (exact) mass is 185 g/mol. The van der Waals surface area contributed by atoms with Gasteiger partial charge in [-0.3, -0.25) is 0 Å². The summed E-state index contributed by atoms with van der Waals surface area (Å²) >= 11 is 0. The molecule has 2 N–H and O–H groups in total. The molecule has 0 aliphatic rings. The van der Waals surface area contributed by atoms with Gasteiger partial charge in [0.05, 0.1) is 0 Å². The van der Waals surface area contributed by atoms with E-state index in [9.17, 15) is 0 Å². The minimum atomic E-state index is 0. The highest BCUT2D eigenvalue weighted by Crippen LogP contribution is 2.04. The van der Waals surface area contributed by atoms with E-state index < -0.39 is 0 Å². The van der Waals surface area contributed by atoms with Crippen molar-refractivity contribution in [3.63, 3.8) is 0 Å². The van der Waals surface area contributed by atoms with Gasteiger partial charge in [-0.05, 0) is 25.8 Å². The van der Waals surface area contributed by atoms with Crippen molar-refractivity contribution < 1.29 is 0 Å². The van der Waals surface area contributed by atoms with Gasteiger partial charge in [-0.1, -0.05) is 29.8 Å². The molecule has 0 radical (unpaired) electrons. The fraction of sp³-hybridized carbons (Fsp3) is 0.400. The summed E-state index contributed by atoms with van der Waals surface area (Å²) in [5, 5.41) is 0. The van der Waals surface area contributed by atoms with Gasteiger partial charge in [0.15, 0.2) is 0 Å². The predicted octanol–water partition coefficient (Wildman–Crippen LogP) is 2.31. The second kappa shape index (κ2) is 5.18.